The van der Waals surface area contributed by atoms with Gasteiger partial charge in [-0.15, -0.1) is 0 Å². The van der Waals surface area contributed by atoms with Crippen molar-refractivity contribution in [2.24, 2.45) is 0 Å². The van der Waals surface area contributed by atoms with E-state index >= 15 is 0 Å². The van der Waals surface area contributed by atoms with Crippen molar-refractivity contribution in [3.8, 4) is 0 Å². The molecular weight excluding hydrogens is 117 g/mol. The predicted molar refractivity (Wildman–Crippen MR) is 34.2 cm³/mol. The first-order chi connectivity index (χ1) is 3.00. The summed E-state index contributed by atoms with van der Waals surface area (Å²) in [6.07, 6.45) is 6.00. The van der Waals surface area contributed by atoms with Crippen LogP contribution in [0, 0.1) is 0 Å². The summed E-state index contributed by atoms with van der Waals surface area (Å²) in [4.78, 5) is 0. The smallest absolute Gasteiger partial charge is 0.511 e. The summed E-state index contributed by atoms with van der Waals surface area (Å²) in [6.45, 7) is 0. The van der Waals surface area contributed by atoms with E-state index in [9.17, 15) is 0 Å². The van der Waals surface area contributed by atoms with Crippen molar-refractivity contribution in [3.05, 3.63) is 0 Å². The number of hydrogen-bond acceptors (Lipinski definition) is 0. The molecule has 0 nitrogen and oxygen atoms in total. The van der Waals surface area contributed by atoms with Gasteiger partial charge in [-0.25, -0.2) is 0 Å². The normalized spacial score (nSPS) is 27.4. The van der Waals surface area contributed by atoms with Gasteiger partial charge in [-0.3, -0.25) is 8.27 Å². The van der Waals surface area contributed by atoms with E-state index in [1.807, 2.05) is 0 Å². The molecule has 7 heavy (non-hydrogen) atoms. The van der Waals surface area contributed by atoms with Crippen LogP contribution in [0.4, 0.5) is 0 Å². The zero-order valence-corrected chi connectivity index (χ0v) is 6.67. The zero-order valence-electron chi connectivity index (χ0n) is 4.78. The van der Waals surface area contributed by atoms with Crippen LogP contribution in [-0.2, 0) is 0 Å². The Kier molecular flexibility index (Phi) is 6.76. The molecule has 0 aliphatic carbocycles. The van der Waals surface area contributed by atoms with Gasteiger partial charge in [0.15, 0.2) is 0 Å². The monoisotopic (exact) mass is 126 g/mol. The Hall–Kier alpha value is 1.46. The fourth-order valence-corrected chi connectivity index (χ4v) is 3.56. The third-order valence-electron chi connectivity index (χ3n) is 0.920. The minimum atomic E-state index is 0. The number of rotatable bonds is 0. The van der Waals surface area contributed by atoms with E-state index in [2.05, 4.69) is 0 Å². The molecule has 1 saturated heterocycles. The van der Waals surface area contributed by atoms with Crippen molar-refractivity contribution in [2.45, 2.75) is 12.8 Å². The Morgan fingerprint density at radius 1 is 1.29 bits per heavy atom. The first-order valence-electron chi connectivity index (χ1n) is 2.39. The Morgan fingerprint density at radius 3 is 2.29 bits per heavy atom. The maximum atomic E-state index is 1.73. The van der Waals surface area contributed by atoms with Crippen LogP contribution in [0.3, 0.4) is 0 Å². The number of hydrogen-bond donors (Lipinski definition) is 0. The van der Waals surface area contributed by atoms with E-state index in [0.717, 1.165) is 0 Å². The maximum Gasteiger partial charge on any atom is 1.00 e. The molecule has 0 saturated carbocycles. The third-order valence-corrected chi connectivity index (χ3v) is 4.27. The van der Waals surface area contributed by atoms with Crippen LogP contribution >= 0.6 is 16.5 Å². The SMILES string of the molecule is C1CCP[P-]C1.[Li+]. The van der Waals surface area contributed by atoms with E-state index in [0.29, 0.717) is 0 Å². The van der Waals surface area contributed by atoms with Gasteiger partial charge in [0.2, 0.25) is 0 Å². The molecule has 1 rings (SSSR count). The van der Waals surface area contributed by atoms with Crippen molar-refractivity contribution in [3.63, 3.8) is 0 Å². The molecular formula is C4H9LiP2. The van der Waals surface area contributed by atoms with E-state index in [-0.39, 0.29) is 18.9 Å². The molecule has 0 bridgehead atoms. The maximum absolute atomic E-state index is 1.73. The summed E-state index contributed by atoms with van der Waals surface area (Å²) < 4.78 is 0. The van der Waals surface area contributed by atoms with Crippen LogP contribution in [0.25, 0.3) is 0 Å². The van der Waals surface area contributed by atoms with E-state index in [1.165, 1.54) is 33.4 Å². The summed E-state index contributed by atoms with van der Waals surface area (Å²) in [5.74, 6) is 0. The molecule has 0 aromatic carbocycles. The van der Waals surface area contributed by atoms with Crippen molar-refractivity contribution in [1.29, 1.82) is 0 Å². The van der Waals surface area contributed by atoms with E-state index < -0.39 is 0 Å². The average Bonchev–Trinajstić information content (AvgIpc) is 1.72. The molecule has 36 valence electrons. The van der Waals surface area contributed by atoms with Crippen LogP contribution in [-0.4, -0.2) is 12.3 Å². The molecule has 0 aromatic rings. The summed E-state index contributed by atoms with van der Waals surface area (Å²) >= 11 is 0. The molecule has 0 N–H and O–H groups in total. The topological polar surface area (TPSA) is 0 Å². The molecule has 1 aliphatic rings. The molecule has 0 radical (unpaired) electrons. The van der Waals surface area contributed by atoms with Crippen molar-refractivity contribution >= 4 is 16.5 Å². The van der Waals surface area contributed by atoms with Crippen molar-refractivity contribution < 1.29 is 18.9 Å². The molecule has 1 heterocycles. The first kappa shape index (κ1) is 8.46. The molecule has 3 heteroatoms. The van der Waals surface area contributed by atoms with E-state index in [4.69, 9.17) is 0 Å². The second kappa shape index (κ2) is 5.59. The third kappa shape index (κ3) is 3.99. The van der Waals surface area contributed by atoms with Crippen LogP contribution in [0.5, 0.6) is 0 Å². The Balaban J connectivity index is 0.000000360. The molecule has 0 spiro atoms. The van der Waals surface area contributed by atoms with Crippen molar-refractivity contribution in [2.75, 3.05) is 12.3 Å². The Bertz CT molecular complexity index is 25.2. The summed E-state index contributed by atoms with van der Waals surface area (Å²) in [6, 6.07) is 0. The summed E-state index contributed by atoms with van der Waals surface area (Å²) in [5.41, 5.74) is 0. The fourth-order valence-electron chi connectivity index (χ4n) is 0.553. The minimum Gasteiger partial charge on any atom is -0.511 e. The summed E-state index contributed by atoms with van der Waals surface area (Å²) in [7, 11) is 3.00. The fraction of sp³-hybridized carbons (Fsp3) is 1.00. The summed E-state index contributed by atoms with van der Waals surface area (Å²) in [5, 5.41) is 0. The average molecular weight is 126 g/mol. The minimum absolute atomic E-state index is 0. The van der Waals surface area contributed by atoms with Crippen LogP contribution < -0.4 is 18.9 Å². The Labute approximate surface area is 60.9 Å². The van der Waals surface area contributed by atoms with Gasteiger partial charge in [-0.1, -0.05) is 19.0 Å². The van der Waals surface area contributed by atoms with Crippen LogP contribution in [0.15, 0.2) is 0 Å². The molecule has 0 amide bonds. The zero-order chi connectivity index (χ0) is 4.24. The van der Waals surface area contributed by atoms with Gasteiger partial charge in [0.25, 0.3) is 0 Å². The molecule has 1 unspecified atom stereocenters. The van der Waals surface area contributed by atoms with Gasteiger partial charge in [0.05, 0.1) is 0 Å². The first-order valence-corrected chi connectivity index (χ1v) is 5.52. The van der Waals surface area contributed by atoms with Crippen LogP contribution in [0.2, 0.25) is 0 Å². The van der Waals surface area contributed by atoms with Gasteiger partial charge in [0, 0.05) is 0 Å². The molecule has 1 atom stereocenters. The second-order valence-electron chi connectivity index (χ2n) is 1.50. The largest absolute Gasteiger partial charge is 1.00 e. The Morgan fingerprint density at radius 2 is 2.14 bits per heavy atom. The van der Waals surface area contributed by atoms with Crippen LogP contribution in [0.1, 0.15) is 12.8 Å². The van der Waals surface area contributed by atoms with Gasteiger partial charge < -0.3 is 8.27 Å². The molecule has 1 fully saturated rings. The van der Waals surface area contributed by atoms with Gasteiger partial charge in [-0.2, -0.15) is 6.16 Å². The standard InChI is InChI=1S/C4H9P2.Li/c1-2-4-6-5-3-1;/h5H,1-4H2;/q-1;+1. The molecule has 0 aromatic heterocycles. The second-order valence-corrected chi connectivity index (χ2v) is 4.97. The van der Waals surface area contributed by atoms with Gasteiger partial charge >= 0.3 is 18.9 Å². The van der Waals surface area contributed by atoms with E-state index in [1.54, 1.807) is 8.27 Å². The van der Waals surface area contributed by atoms with Crippen molar-refractivity contribution in [1.82, 2.24) is 0 Å². The van der Waals surface area contributed by atoms with Gasteiger partial charge in [0.1, 0.15) is 0 Å². The van der Waals surface area contributed by atoms with Gasteiger partial charge in [-0.05, 0) is 0 Å². The predicted octanol–water partition coefficient (Wildman–Crippen LogP) is -0.676. The molecule has 1 aliphatic heterocycles. The quantitative estimate of drug-likeness (QED) is 0.298.